The second-order valence-corrected chi connectivity index (χ2v) is 3.18. The predicted molar refractivity (Wildman–Crippen MR) is 38.6 cm³/mol. The van der Waals surface area contributed by atoms with Gasteiger partial charge in [0.15, 0.2) is 0 Å². The molecule has 0 unspecified atom stereocenters. The van der Waals surface area contributed by atoms with Crippen LogP contribution in [-0.4, -0.2) is 39.3 Å². The van der Waals surface area contributed by atoms with Crippen LogP contribution in [0.15, 0.2) is 11.9 Å². The Bertz CT molecular complexity index is 139. The van der Waals surface area contributed by atoms with E-state index in [1.165, 1.54) is 0 Å². The van der Waals surface area contributed by atoms with E-state index in [0.717, 1.165) is 0 Å². The van der Waals surface area contributed by atoms with Crippen molar-refractivity contribution in [3.63, 3.8) is 0 Å². The molecule has 0 heterocycles. The van der Waals surface area contributed by atoms with E-state index in [1.807, 2.05) is 0 Å². The molecule has 0 amide bonds. The molecule has 2 N–H and O–H groups in total. The molecule has 0 spiro atoms. The molecule has 0 aromatic rings. The average Bonchev–Trinajstić information content (AvgIpc) is 1.62. The van der Waals surface area contributed by atoms with Gasteiger partial charge in [-0.1, -0.05) is 13.5 Å². The van der Waals surface area contributed by atoms with E-state index in [4.69, 9.17) is 9.79 Å². The summed E-state index contributed by atoms with van der Waals surface area (Å²) in [5, 5.41) is -0.00231. The molecule has 0 aliphatic rings. The van der Waals surface area contributed by atoms with Gasteiger partial charge in [0, 0.05) is 5.31 Å². The van der Waals surface area contributed by atoms with E-state index in [-0.39, 0.29) is 34.9 Å². The standard InChI is InChI=1S/C4H9O3P.Na.H/c1-3-4(2)8(5,6)7;;/h2-3H2,1H3,(H2,5,6,7);;. The summed E-state index contributed by atoms with van der Waals surface area (Å²) >= 11 is 0. The van der Waals surface area contributed by atoms with E-state index < -0.39 is 7.60 Å². The number of hydrogen-bond donors (Lipinski definition) is 2. The molecule has 0 atom stereocenters. The van der Waals surface area contributed by atoms with Gasteiger partial charge in [0.05, 0.1) is 0 Å². The molecule has 0 fully saturated rings. The van der Waals surface area contributed by atoms with Crippen LogP contribution in [0.1, 0.15) is 13.3 Å². The molecule has 0 aliphatic heterocycles. The summed E-state index contributed by atoms with van der Waals surface area (Å²) < 4.78 is 10.2. The van der Waals surface area contributed by atoms with Crippen LogP contribution >= 0.6 is 7.60 Å². The Kier molecular flexibility index (Phi) is 6.51. The van der Waals surface area contributed by atoms with Crippen molar-refractivity contribution in [1.82, 2.24) is 0 Å². The molecule has 0 radical (unpaired) electrons. The Morgan fingerprint density at radius 1 is 1.67 bits per heavy atom. The summed E-state index contributed by atoms with van der Waals surface area (Å²) in [4.78, 5) is 16.6. The Morgan fingerprint density at radius 3 is 2.00 bits per heavy atom. The molecule has 0 aromatic carbocycles. The van der Waals surface area contributed by atoms with E-state index >= 15 is 0 Å². The van der Waals surface area contributed by atoms with Gasteiger partial charge in [-0.3, -0.25) is 4.57 Å². The number of rotatable bonds is 2. The summed E-state index contributed by atoms with van der Waals surface area (Å²) in [6, 6.07) is 0. The monoisotopic (exact) mass is 160 g/mol. The summed E-state index contributed by atoms with van der Waals surface area (Å²) in [7, 11) is -3.95. The van der Waals surface area contributed by atoms with Gasteiger partial charge in [-0.2, -0.15) is 0 Å². The topological polar surface area (TPSA) is 57.5 Å². The molecule has 3 nitrogen and oxygen atoms in total. The minimum atomic E-state index is -3.95. The van der Waals surface area contributed by atoms with Gasteiger partial charge in [0.1, 0.15) is 0 Å². The molecule has 9 heavy (non-hydrogen) atoms. The predicted octanol–water partition coefficient (Wildman–Crippen LogP) is 0.439. The van der Waals surface area contributed by atoms with Gasteiger partial charge in [0.25, 0.3) is 0 Å². The molecule has 0 aromatic heterocycles. The molecule has 0 aliphatic carbocycles. The van der Waals surface area contributed by atoms with E-state index in [9.17, 15) is 4.57 Å². The van der Waals surface area contributed by atoms with E-state index in [1.54, 1.807) is 6.92 Å². The van der Waals surface area contributed by atoms with Crippen molar-refractivity contribution in [2.24, 2.45) is 0 Å². The minimum absolute atomic E-state index is 0. The van der Waals surface area contributed by atoms with E-state index in [0.29, 0.717) is 6.42 Å². The molecular weight excluding hydrogens is 150 g/mol. The zero-order chi connectivity index (χ0) is 6.78. The fourth-order valence-electron chi connectivity index (χ4n) is 0.206. The van der Waals surface area contributed by atoms with Crippen LogP contribution in [0.2, 0.25) is 0 Å². The Hall–Kier alpha value is 0.890. The summed E-state index contributed by atoms with van der Waals surface area (Å²) in [6.07, 6.45) is 0.338. The van der Waals surface area contributed by atoms with Gasteiger partial charge >= 0.3 is 37.2 Å². The molecular formula is C4H10NaO3P. The maximum absolute atomic E-state index is 10.2. The third kappa shape index (κ3) is 5.34. The summed E-state index contributed by atoms with van der Waals surface area (Å²) in [5.41, 5.74) is 0. The van der Waals surface area contributed by atoms with Crippen LogP contribution in [-0.2, 0) is 4.57 Å². The summed E-state index contributed by atoms with van der Waals surface area (Å²) in [5.74, 6) is 0. The molecule has 5 heteroatoms. The Morgan fingerprint density at radius 2 is 2.00 bits per heavy atom. The van der Waals surface area contributed by atoms with Crippen LogP contribution in [0.25, 0.3) is 0 Å². The fourth-order valence-corrected chi connectivity index (χ4v) is 0.618. The quantitative estimate of drug-likeness (QED) is 0.455. The van der Waals surface area contributed by atoms with Gasteiger partial charge in [-0.05, 0) is 6.42 Å². The van der Waals surface area contributed by atoms with Crippen molar-refractivity contribution < 1.29 is 14.4 Å². The zero-order valence-corrected chi connectivity index (χ0v) is 5.56. The van der Waals surface area contributed by atoms with Gasteiger partial charge in [-0.25, -0.2) is 0 Å². The molecule has 0 saturated carbocycles. The normalized spacial score (nSPS) is 10.1. The number of hydrogen-bond acceptors (Lipinski definition) is 1. The van der Waals surface area contributed by atoms with Gasteiger partial charge in [-0.15, -0.1) is 0 Å². The maximum atomic E-state index is 10.2. The molecule has 0 rings (SSSR count). The first-order chi connectivity index (χ1) is 3.48. The van der Waals surface area contributed by atoms with Crippen molar-refractivity contribution in [2.75, 3.05) is 0 Å². The third-order valence-corrected chi connectivity index (χ3v) is 1.96. The second-order valence-electron chi connectivity index (χ2n) is 1.46. The SMILES string of the molecule is C=C(CC)P(=O)(O)O.[NaH]. The van der Waals surface area contributed by atoms with Crippen LogP contribution in [0.5, 0.6) is 0 Å². The molecule has 50 valence electrons. The third-order valence-electron chi connectivity index (χ3n) is 0.820. The van der Waals surface area contributed by atoms with Crippen molar-refractivity contribution in [2.45, 2.75) is 13.3 Å². The van der Waals surface area contributed by atoms with Crippen LogP contribution in [0.4, 0.5) is 0 Å². The van der Waals surface area contributed by atoms with Crippen molar-refractivity contribution in [3.8, 4) is 0 Å². The molecule has 0 saturated heterocycles. The first-order valence-electron chi connectivity index (χ1n) is 2.22. The van der Waals surface area contributed by atoms with Crippen LogP contribution in [0, 0.1) is 0 Å². The molecule has 0 bridgehead atoms. The van der Waals surface area contributed by atoms with Crippen LogP contribution in [0.3, 0.4) is 0 Å². The van der Waals surface area contributed by atoms with Crippen LogP contribution < -0.4 is 0 Å². The first-order valence-corrected chi connectivity index (χ1v) is 3.83. The number of allylic oxidation sites excluding steroid dienone is 1. The van der Waals surface area contributed by atoms with Gasteiger partial charge in [0.2, 0.25) is 0 Å². The van der Waals surface area contributed by atoms with Crippen molar-refractivity contribution >= 4 is 37.2 Å². The fraction of sp³-hybridized carbons (Fsp3) is 0.500. The van der Waals surface area contributed by atoms with Crippen molar-refractivity contribution in [1.29, 1.82) is 0 Å². The average molecular weight is 160 g/mol. The van der Waals surface area contributed by atoms with Gasteiger partial charge < -0.3 is 9.79 Å². The Labute approximate surface area is 76.6 Å². The van der Waals surface area contributed by atoms with E-state index in [2.05, 4.69) is 6.58 Å². The second kappa shape index (κ2) is 4.67. The Balaban J connectivity index is 0. The zero-order valence-electron chi connectivity index (χ0n) is 4.66. The summed E-state index contributed by atoms with van der Waals surface area (Å²) in [6.45, 7) is 4.84. The first kappa shape index (κ1) is 12.6. The van der Waals surface area contributed by atoms with Crippen molar-refractivity contribution in [3.05, 3.63) is 11.9 Å².